The summed E-state index contributed by atoms with van der Waals surface area (Å²) >= 11 is 5.91. The first-order valence-electron chi connectivity index (χ1n) is 7.52. The number of halogens is 2. The summed E-state index contributed by atoms with van der Waals surface area (Å²) < 4.78 is 15.7. The fraction of sp³-hybridized carbons (Fsp3) is 0.562. The van der Waals surface area contributed by atoms with Crippen LogP contribution in [-0.4, -0.2) is 15.4 Å². The Bertz CT molecular complexity index is 585. The third-order valence-electron chi connectivity index (χ3n) is 4.23. The number of nitrogens with zero attached hydrogens (tertiary/aromatic N) is 2. The van der Waals surface area contributed by atoms with Crippen LogP contribution >= 0.6 is 11.6 Å². The van der Waals surface area contributed by atoms with Crippen LogP contribution in [0.3, 0.4) is 0 Å². The van der Waals surface area contributed by atoms with Gasteiger partial charge < -0.3 is 4.57 Å². The standard InChI is InChI=1S/C16H20ClFN2/c17-10-9-16-19-14-11-12(18)7-8-15(14)20(16)13-5-3-1-2-4-6-13/h7-8,11,13H,1-6,9-10H2. The van der Waals surface area contributed by atoms with E-state index in [1.807, 2.05) is 6.07 Å². The van der Waals surface area contributed by atoms with Gasteiger partial charge in [0.25, 0.3) is 0 Å². The third kappa shape index (κ3) is 2.69. The van der Waals surface area contributed by atoms with E-state index in [9.17, 15) is 4.39 Å². The lowest BCUT2D eigenvalue weighted by molar-refractivity contribution is 0.441. The van der Waals surface area contributed by atoms with Crippen LogP contribution in [0, 0.1) is 5.82 Å². The van der Waals surface area contributed by atoms with Crippen LogP contribution in [0.15, 0.2) is 18.2 Å². The van der Waals surface area contributed by atoms with Gasteiger partial charge in [-0.15, -0.1) is 11.6 Å². The Hall–Kier alpha value is -1.09. The van der Waals surface area contributed by atoms with Gasteiger partial charge >= 0.3 is 0 Å². The SMILES string of the molecule is Fc1ccc2c(c1)nc(CCCl)n2C1CCCCCC1. The molecule has 108 valence electrons. The van der Waals surface area contributed by atoms with Gasteiger partial charge in [0.15, 0.2) is 0 Å². The molecular formula is C16H20ClFN2. The van der Waals surface area contributed by atoms with Crippen molar-refractivity contribution >= 4 is 22.6 Å². The van der Waals surface area contributed by atoms with Crippen molar-refractivity contribution < 1.29 is 4.39 Å². The van der Waals surface area contributed by atoms with Gasteiger partial charge in [-0.2, -0.15) is 0 Å². The molecule has 1 fully saturated rings. The molecule has 0 amide bonds. The average Bonchev–Trinajstić information content (AvgIpc) is 2.63. The zero-order valence-electron chi connectivity index (χ0n) is 11.6. The van der Waals surface area contributed by atoms with Gasteiger partial charge in [-0.05, 0) is 25.0 Å². The molecule has 20 heavy (non-hydrogen) atoms. The molecule has 2 aromatic rings. The summed E-state index contributed by atoms with van der Waals surface area (Å²) in [5.74, 6) is 1.34. The molecule has 0 radical (unpaired) electrons. The van der Waals surface area contributed by atoms with E-state index in [-0.39, 0.29) is 5.82 Å². The van der Waals surface area contributed by atoms with Crippen molar-refractivity contribution in [1.82, 2.24) is 9.55 Å². The maximum absolute atomic E-state index is 13.4. The van der Waals surface area contributed by atoms with E-state index in [1.54, 1.807) is 0 Å². The van der Waals surface area contributed by atoms with E-state index in [4.69, 9.17) is 11.6 Å². The zero-order valence-corrected chi connectivity index (χ0v) is 12.4. The molecule has 0 saturated heterocycles. The number of rotatable bonds is 3. The Labute approximate surface area is 123 Å². The summed E-state index contributed by atoms with van der Waals surface area (Å²) in [7, 11) is 0. The van der Waals surface area contributed by atoms with Crippen molar-refractivity contribution in [3.63, 3.8) is 0 Å². The molecule has 1 aliphatic rings. The fourth-order valence-corrected chi connectivity index (χ4v) is 3.48. The van der Waals surface area contributed by atoms with E-state index in [1.165, 1.54) is 50.7 Å². The first kappa shape index (κ1) is 13.9. The summed E-state index contributed by atoms with van der Waals surface area (Å²) in [6, 6.07) is 5.41. The molecule has 2 nitrogen and oxygen atoms in total. The van der Waals surface area contributed by atoms with Crippen LogP contribution in [-0.2, 0) is 6.42 Å². The molecule has 0 bridgehead atoms. The number of aryl methyl sites for hydroxylation is 1. The smallest absolute Gasteiger partial charge is 0.125 e. The highest BCUT2D eigenvalue weighted by atomic mass is 35.5. The zero-order chi connectivity index (χ0) is 13.9. The number of alkyl halides is 1. The Morgan fingerprint density at radius 3 is 2.65 bits per heavy atom. The van der Waals surface area contributed by atoms with Crippen LogP contribution in [0.25, 0.3) is 11.0 Å². The van der Waals surface area contributed by atoms with Crippen molar-refractivity contribution in [1.29, 1.82) is 0 Å². The Kier molecular flexibility index (Phi) is 4.25. The lowest BCUT2D eigenvalue weighted by atomic mass is 10.1. The highest BCUT2D eigenvalue weighted by molar-refractivity contribution is 6.17. The topological polar surface area (TPSA) is 17.8 Å². The monoisotopic (exact) mass is 294 g/mol. The van der Waals surface area contributed by atoms with Crippen molar-refractivity contribution in [2.24, 2.45) is 0 Å². The number of imidazole rings is 1. The quantitative estimate of drug-likeness (QED) is 0.584. The average molecular weight is 295 g/mol. The van der Waals surface area contributed by atoms with E-state index >= 15 is 0 Å². The maximum atomic E-state index is 13.4. The minimum atomic E-state index is -0.222. The largest absolute Gasteiger partial charge is 0.325 e. The molecule has 1 aromatic carbocycles. The Morgan fingerprint density at radius 2 is 1.95 bits per heavy atom. The normalized spacial score (nSPS) is 17.5. The summed E-state index contributed by atoms with van der Waals surface area (Å²) in [6.45, 7) is 0. The Balaban J connectivity index is 2.07. The number of fused-ring (bicyclic) bond motifs is 1. The van der Waals surface area contributed by atoms with Crippen LogP contribution < -0.4 is 0 Å². The summed E-state index contributed by atoms with van der Waals surface area (Å²) in [4.78, 5) is 4.61. The third-order valence-corrected chi connectivity index (χ3v) is 4.42. The van der Waals surface area contributed by atoms with Gasteiger partial charge in [0.2, 0.25) is 0 Å². The number of benzene rings is 1. The van der Waals surface area contributed by atoms with Gasteiger partial charge in [0, 0.05) is 24.4 Å². The summed E-state index contributed by atoms with van der Waals surface area (Å²) in [5.41, 5.74) is 1.81. The van der Waals surface area contributed by atoms with E-state index < -0.39 is 0 Å². The molecule has 3 rings (SSSR count). The summed E-state index contributed by atoms with van der Waals surface area (Å²) in [5, 5.41) is 0. The predicted octanol–water partition coefficient (Wildman–Crippen LogP) is 4.85. The number of hydrogen-bond donors (Lipinski definition) is 0. The lowest BCUT2D eigenvalue weighted by Gasteiger charge is -2.20. The van der Waals surface area contributed by atoms with Crippen LogP contribution in [0.1, 0.15) is 50.4 Å². The molecular weight excluding hydrogens is 275 g/mol. The van der Waals surface area contributed by atoms with E-state index in [2.05, 4.69) is 9.55 Å². The molecule has 0 N–H and O–H groups in total. The molecule has 1 heterocycles. The van der Waals surface area contributed by atoms with Gasteiger partial charge in [-0.3, -0.25) is 0 Å². The van der Waals surface area contributed by atoms with Gasteiger partial charge in [0.05, 0.1) is 11.0 Å². The van der Waals surface area contributed by atoms with Gasteiger partial charge in [-0.1, -0.05) is 25.7 Å². The van der Waals surface area contributed by atoms with Crippen molar-refractivity contribution in [3.05, 3.63) is 29.8 Å². The van der Waals surface area contributed by atoms with Crippen LogP contribution in [0.2, 0.25) is 0 Å². The molecule has 1 aliphatic carbocycles. The number of aromatic nitrogens is 2. The molecule has 4 heteroatoms. The first-order valence-corrected chi connectivity index (χ1v) is 8.05. The van der Waals surface area contributed by atoms with Crippen LogP contribution in [0.4, 0.5) is 4.39 Å². The maximum Gasteiger partial charge on any atom is 0.125 e. The van der Waals surface area contributed by atoms with Gasteiger partial charge in [-0.25, -0.2) is 9.37 Å². The molecule has 0 unspecified atom stereocenters. The van der Waals surface area contributed by atoms with Crippen LogP contribution in [0.5, 0.6) is 0 Å². The first-order chi connectivity index (χ1) is 9.79. The second-order valence-electron chi connectivity index (χ2n) is 5.62. The Morgan fingerprint density at radius 1 is 1.20 bits per heavy atom. The highest BCUT2D eigenvalue weighted by Crippen LogP contribution is 2.32. The molecule has 0 aliphatic heterocycles. The predicted molar refractivity (Wildman–Crippen MR) is 80.9 cm³/mol. The molecule has 1 aromatic heterocycles. The number of hydrogen-bond acceptors (Lipinski definition) is 1. The van der Waals surface area contributed by atoms with Crippen molar-refractivity contribution in [2.75, 3.05) is 5.88 Å². The molecule has 0 spiro atoms. The van der Waals surface area contributed by atoms with E-state index in [0.29, 0.717) is 11.9 Å². The van der Waals surface area contributed by atoms with Crippen molar-refractivity contribution in [2.45, 2.75) is 51.0 Å². The fourth-order valence-electron chi connectivity index (χ4n) is 3.31. The second kappa shape index (κ2) is 6.13. The minimum Gasteiger partial charge on any atom is -0.325 e. The summed E-state index contributed by atoms with van der Waals surface area (Å²) in [6.07, 6.45) is 8.31. The second-order valence-corrected chi connectivity index (χ2v) is 5.99. The molecule has 0 atom stereocenters. The minimum absolute atomic E-state index is 0.222. The van der Waals surface area contributed by atoms with Gasteiger partial charge in [0.1, 0.15) is 11.6 Å². The lowest BCUT2D eigenvalue weighted by Crippen LogP contribution is -2.12. The highest BCUT2D eigenvalue weighted by Gasteiger charge is 2.20. The van der Waals surface area contributed by atoms with Crippen molar-refractivity contribution in [3.8, 4) is 0 Å². The van der Waals surface area contributed by atoms with E-state index in [0.717, 1.165) is 23.3 Å². The molecule has 1 saturated carbocycles.